The number of hydrogen-bond donors (Lipinski definition) is 1. The molecule has 1 saturated heterocycles. The van der Waals surface area contributed by atoms with Gasteiger partial charge in [-0.1, -0.05) is 17.7 Å². The Morgan fingerprint density at radius 1 is 1.32 bits per heavy atom. The first-order chi connectivity index (χ1) is 10.7. The third-order valence-corrected chi connectivity index (χ3v) is 3.48. The van der Waals surface area contributed by atoms with Crippen LogP contribution in [0.2, 0.25) is 0 Å². The van der Waals surface area contributed by atoms with Crippen molar-refractivity contribution in [1.29, 1.82) is 0 Å². The van der Waals surface area contributed by atoms with Gasteiger partial charge in [0, 0.05) is 29.9 Å². The monoisotopic (exact) mass is 298 g/mol. The normalized spacial score (nSPS) is 17.2. The minimum atomic E-state index is -0.182. The van der Waals surface area contributed by atoms with E-state index >= 15 is 0 Å². The van der Waals surface area contributed by atoms with Crippen LogP contribution in [-0.2, 0) is 4.74 Å². The fourth-order valence-electron chi connectivity index (χ4n) is 2.23. The molecule has 1 amide bonds. The first-order valence-corrected chi connectivity index (χ1v) is 7.29. The number of pyridine rings is 1. The predicted molar refractivity (Wildman–Crippen MR) is 83.2 cm³/mol. The van der Waals surface area contributed by atoms with Crippen LogP contribution in [0.15, 0.2) is 42.6 Å². The highest BCUT2D eigenvalue weighted by Gasteiger charge is 2.18. The van der Waals surface area contributed by atoms with Crippen LogP contribution in [0.5, 0.6) is 5.88 Å². The minimum absolute atomic E-state index is 0.0166. The largest absolute Gasteiger partial charge is 0.472 e. The van der Waals surface area contributed by atoms with Crippen molar-refractivity contribution < 1.29 is 14.3 Å². The van der Waals surface area contributed by atoms with E-state index in [1.165, 1.54) is 0 Å². The first-order valence-electron chi connectivity index (χ1n) is 7.29. The summed E-state index contributed by atoms with van der Waals surface area (Å²) >= 11 is 0. The SMILES string of the molecule is Cc1ccc(NC(=O)c2ccnc(OC3CCOC3)c2)cc1. The van der Waals surface area contributed by atoms with Crippen LogP contribution < -0.4 is 10.1 Å². The first kappa shape index (κ1) is 14.5. The van der Waals surface area contributed by atoms with Crippen molar-refractivity contribution in [3.63, 3.8) is 0 Å². The van der Waals surface area contributed by atoms with Crippen molar-refractivity contribution in [3.8, 4) is 5.88 Å². The van der Waals surface area contributed by atoms with Crippen molar-refractivity contribution in [2.75, 3.05) is 18.5 Å². The number of carbonyl (C=O) groups is 1. The van der Waals surface area contributed by atoms with Gasteiger partial charge in [0.25, 0.3) is 5.91 Å². The van der Waals surface area contributed by atoms with E-state index in [9.17, 15) is 4.79 Å². The standard InChI is InChI=1S/C17H18N2O3/c1-12-2-4-14(5-3-12)19-17(20)13-6-8-18-16(10-13)22-15-7-9-21-11-15/h2-6,8,10,15H,7,9,11H2,1H3,(H,19,20). The van der Waals surface area contributed by atoms with Gasteiger partial charge in [0.05, 0.1) is 13.2 Å². The van der Waals surface area contributed by atoms with Gasteiger partial charge in [0.15, 0.2) is 0 Å². The van der Waals surface area contributed by atoms with Crippen LogP contribution in [0.25, 0.3) is 0 Å². The number of nitrogens with zero attached hydrogens (tertiary/aromatic N) is 1. The van der Waals surface area contributed by atoms with Crippen molar-refractivity contribution >= 4 is 11.6 Å². The zero-order chi connectivity index (χ0) is 15.4. The van der Waals surface area contributed by atoms with Crippen LogP contribution in [0.1, 0.15) is 22.3 Å². The molecule has 5 nitrogen and oxygen atoms in total. The molecule has 0 radical (unpaired) electrons. The summed E-state index contributed by atoms with van der Waals surface area (Å²) in [6, 6.07) is 11.0. The number of anilines is 1. The summed E-state index contributed by atoms with van der Waals surface area (Å²) in [4.78, 5) is 16.4. The Kier molecular flexibility index (Phi) is 4.34. The number of ether oxygens (including phenoxy) is 2. The number of aromatic nitrogens is 1. The number of amides is 1. The average Bonchev–Trinajstić information content (AvgIpc) is 3.03. The van der Waals surface area contributed by atoms with E-state index in [1.54, 1.807) is 18.3 Å². The molecule has 1 atom stereocenters. The number of rotatable bonds is 4. The van der Waals surface area contributed by atoms with E-state index in [2.05, 4.69) is 10.3 Å². The van der Waals surface area contributed by atoms with Gasteiger partial charge in [-0.25, -0.2) is 4.98 Å². The van der Waals surface area contributed by atoms with Gasteiger partial charge in [-0.2, -0.15) is 0 Å². The van der Waals surface area contributed by atoms with Crippen LogP contribution in [-0.4, -0.2) is 30.2 Å². The lowest BCUT2D eigenvalue weighted by molar-refractivity contribution is 0.102. The smallest absolute Gasteiger partial charge is 0.255 e. The summed E-state index contributed by atoms with van der Waals surface area (Å²) in [6.07, 6.45) is 2.44. The topological polar surface area (TPSA) is 60.5 Å². The van der Waals surface area contributed by atoms with Crippen LogP contribution in [0, 0.1) is 6.92 Å². The van der Waals surface area contributed by atoms with E-state index < -0.39 is 0 Å². The highest BCUT2D eigenvalue weighted by Crippen LogP contribution is 2.17. The molecule has 22 heavy (non-hydrogen) atoms. The van der Waals surface area contributed by atoms with Gasteiger partial charge in [-0.15, -0.1) is 0 Å². The molecule has 0 saturated carbocycles. The Bertz CT molecular complexity index is 649. The maximum Gasteiger partial charge on any atom is 0.255 e. The molecule has 1 N–H and O–H groups in total. The molecular formula is C17H18N2O3. The maximum absolute atomic E-state index is 12.3. The molecular weight excluding hydrogens is 280 g/mol. The summed E-state index contributed by atoms with van der Waals surface area (Å²) in [5, 5.41) is 2.86. The van der Waals surface area contributed by atoms with E-state index in [4.69, 9.17) is 9.47 Å². The van der Waals surface area contributed by atoms with E-state index in [1.807, 2.05) is 31.2 Å². The third kappa shape index (κ3) is 3.62. The fraction of sp³-hybridized carbons (Fsp3) is 0.294. The zero-order valence-corrected chi connectivity index (χ0v) is 12.4. The van der Waals surface area contributed by atoms with Crippen molar-refractivity contribution in [3.05, 3.63) is 53.7 Å². The van der Waals surface area contributed by atoms with Crippen LogP contribution in [0.3, 0.4) is 0 Å². The van der Waals surface area contributed by atoms with Gasteiger partial charge in [-0.3, -0.25) is 4.79 Å². The fourth-order valence-corrected chi connectivity index (χ4v) is 2.23. The van der Waals surface area contributed by atoms with E-state index in [-0.39, 0.29) is 12.0 Å². The van der Waals surface area contributed by atoms with Gasteiger partial charge in [-0.05, 0) is 25.1 Å². The third-order valence-electron chi connectivity index (χ3n) is 3.48. The van der Waals surface area contributed by atoms with E-state index in [0.29, 0.717) is 24.7 Å². The Morgan fingerprint density at radius 3 is 2.86 bits per heavy atom. The molecule has 1 aliphatic heterocycles. The second-order valence-corrected chi connectivity index (χ2v) is 5.31. The highest BCUT2D eigenvalue weighted by atomic mass is 16.5. The van der Waals surface area contributed by atoms with Crippen LogP contribution >= 0.6 is 0 Å². The number of benzene rings is 1. The zero-order valence-electron chi connectivity index (χ0n) is 12.4. The molecule has 1 aromatic heterocycles. The molecule has 5 heteroatoms. The van der Waals surface area contributed by atoms with Gasteiger partial charge < -0.3 is 14.8 Å². The number of hydrogen-bond acceptors (Lipinski definition) is 4. The molecule has 1 unspecified atom stereocenters. The summed E-state index contributed by atoms with van der Waals surface area (Å²) in [5.74, 6) is 0.269. The second kappa shape index (κ2) is 6.58. The Balaban J connectivity index is 1.67. The number of nitrogens with one attached hydrogen (secondary N) is 1. The molecule has 1 aliphatic rings. The molecule has 1 aromatic carbocycles. The van der Waals surface area contributed by atoms with Gasteiger partial charge in [0.2, 0.25) is 5.88 Å². The molecule has 0 bridgehead atoms. The lowest BCUT2D eigenvalue weighted by Gasteiger charge is -2.11. The predicted octanol–water partition coefficient (Wildman–Crippen LogP) is 2.81. The summed E-state index contributed by atoms with van der Waals surface area (Å²) in [7, 11) is 0. The Morgan fingerprint density at radius 2 is 2.14 bits per heavy atom. The van der Waals surface area contributed by atoms with Crippen LogP contribution in [0.4, 0.5) is 5.69 Å². The summed E-state index contributed by atoms with van der Waals surface area (Å²) < 4.78 is 11.0. The summed E-state index contributed by atoms with van der Waals surface area (Å²) in [5.41, 5.74) is 2.43. The molecule has 0 spiro atoms. The molecule has 2 aromatic rings. The Hall–Kier alpha value is -2.40. The lowest BCUT2D eigenvalue weighted by atomic mass is 10.2. The van der Waals surface area contributed by atoms with Crippen molar-refractivity contribution in [2.45, 2.75) is 19.4 Å². The maximum atomic E-state index is 12.3. The molecule has 114 valence electrons. The quantitative estimate of drug-likeness (QED) is 0.943. The van der Waals surface area contributed by atoms with Crippen molar-refractivity contribution in [2.24, 2.45) is 0 Å². The average molecular weight is 298 g/mol. The molecule has 3 rings (SSSR count). The molecule has 2 heterocycles. The van der Waals surface area contributed by atoms with E-state index in [0.717, 1.165) is 17.7 Å². The molecule has 0 aliphatic carbocycles. The highest BCUT2D eigenvalue weighted by molar-refractivity contribution is 6.04. The number of carbonyl (C=O) groups excluding carboxylic acids is 1. The van der Waals surface area contributed by atoms with Crippen molar-refractivity contribution in [1.82, 2.24) is 4.98 Å². The summed E-state index contributed by atoms with van der Waals surface area (Å²) in [6.45, 7) is 3.28. The minimum Gasteiger partial charge on any atom is -0.472 e. The molecule has 1 fully saturated rings. The van der Waals surface area contributed by atoms with Gasteiger partial charge >= 0.3 is 0 Å². The van der Waals surface area contributed by atoms with Gasteiger partial charge in [0.1, 0.15) is 6.10 Å². The Labute approximate surface area is 129 Å². The second-order valence-electron chi connectivity index (χ2n) is 5.31. The number of aryl methyl sites for hydroxylation is 1. The lowest BCUT2D eigenvalue weighted by Crippen LogP contribution is -2.17.